The second-order valence-corrected chi connectivity index (χ2v) is 10.5. The van der Waals surface area contributed by atoms with Crippen molar-refractivity contribution in [3.63, 3.8) is 0 Å². The molecule has 0 fully saturated rings. The van der Waals surface area contributed by atoms with Crippen LogP contribution in [0.1, 0.15) is 25.0 Å². The monoisotopic (exact) mass is 475 g/mol. The molecular weight excluding hydrogens is 450 g/mol. The van der Waals surface area contributed by atoms with Gasteiger partial charge in [-0.3, -0.25) is 0 Å². The Kier molecular flexibility index (Phi) is 4.00. The van der Waals surface area contributed by atoms with Gasteiger partial charge in [0.1, 0.15) is 5.65 Å². The van der Waals surface area contributed by atoms with Gasteiger partial charge in [0, 0.05) is 45.4 Å². The van der Waals surface area contributed by atoms with Crippen molar-refractivity contribution < 1.29 is 0 Å². The first-order valence-corrected chi connectivity index (χ1v) is 12.8. The molecule has 0 aliphatic heterocycles. The van der Waals surface area contributed by atoms with E-state index in [1.807, 2.05) is 24.4 Å². The van der Waals surface area contributed by atoms with Crippen LogP contribution < -0.4 is 0 Å². The summed E-state index contributed by atoms with van der Waals surface area (Å²) >= 11 is 0. The quantitative estimate of drug-likeness (QED) is 0.246. The maximum atomic E-state index is 4.82. The van der Waals surface area contributed by atoms with Gasteiger partial charge in [0.05, 0.1) is 16.7 Å². The van der Waals surface area contributed by atoms with E-state index in [1.54, 1.807) is 0 Å². The molecule has 0 radical (unpaired) electrons. The first-order valence-electron chi connectivity index (χ1n) is 12.8. The Hall–Kier alpha value is -4.63. The molecule has 1 aliphatic rings. The van der Waals surface area contributed by atoms with E-state index in [4.69, 9.17) is 4.98 Å². The van der Waals surface area contributed by atoms with Crippen molar-refractivity contribution >= 4 is 27.5 Å². The largest absolute Gasteiger partial charge is 0.309 e. The Balaban J connectivity index is 1.40. The fourth-order valence-electron chi connectivity index (χ4n) is 6.37. The molecule has 176 valence electrons. The van der Waals surface area contributed by atoms with Crippen LogP contribution in [0.3, 0.4) is 0 Å². The van der Waals surface area contributed by atoms with Crippen molar-refractivity contribution in [1.29, 1.82) is 0 Å². The normalized spacial score (nSPS) is 13.9. The molecule has 0 amide bonds. The summed E-state index contributed by atoms with van der Waals surface area (Å²) in [5, 5.41) is 2.58. The molecule has 4 aromatic carbocycles. The number of benzene rings is 4. The number of fused-ring (bicyclic) bond motifs is 8. The van der Waals surface area contributed by atoms with Gasteiger partial charge in [-0.1, -0.05) is 86.6 Å². The first kappa shape index (κ1) is 20.6. The summed E-state index contributed by atoms with van der Waals surface area (Å²) in [7, 11) is 0. The molecule has 3 nitrogen and oxygen atoms in total. The molecule has 37 heavy (non-hydrogen) atoms. The molecule has 0 saturated heterocycles. The highest BCUT2D eigenvalue weighted by atomic mass is 15.0. The second-order valence-electron chi connectivity index (χ2n) is 10.5. The SMILES string of the molecule is CC1(C)c2ccccc2-c2c1ccc1c3ccccc3n(-c3ccc(-c4cn5ccccc5n4)cc3)c21. The average Bonchev–Trinajstić information content (AvgIpc) is 3.58. The van der Waals surface area contributed by atoms with Crippen molar-refractivity contribution in [3.8, 4) is 28.1 Å². The Morgan fingerprint density at radius 3 is 2.32 bits per heavy atom. The molecule has 3 heteroatoms. The first-order chi connectivity index (χ1) is 18.1. The van der Waals surface area contributed by atoms with E-state index >= 15 is 0 Å². The van der Waals surface area contributed by atoms with Crippen molar-refractivity contribution in [3.05, 3.63) is 127 Å². The van der Waals surface area contributed by atoms with Crippen LogP contribution in [-0.2, 0) is 5.41 Å². The zero-order valence-corrected chi connectivity index (χ0v) is 20.8. The Morgan fingerprint density at radius 2 is 1.46 bits per heavy atom. The molecule has 0 saturated carbocycles. The number of rotatable bonds is 2. The van der Waals surface area contributed by atoms with E-state index in [0.717, 1.165) is 22.6 Å². The second kappa shape index (κ2) is 7.21. The van der Waals surface area contributed by atoms with Crippen LogP contribution in [-0.4, -0.2) is 14.0 Å². The third-order valence-corrected chi connectivity index (χ3v) is 8.17. The lowest BCUT2D eigenvalue weighted by Gasteiger charge is -2.21. The number of nitrogens with zero attached hydrogens (tertiary/aromatic N) is 3. The van der Waals surface area contributed by atoms with Crippen LogP contribution in [0.2, 0.25) is 0 Å². The zero-order valence-electron chi connectivity index (χ0n) is 20.8. The third-order valence-electron chi connectivity index (χ3n) is 8.17. The van der Waals surface area contributed by atoms with E-state index in [1.165, 1.54) is 44.1 Å². The highest BCUT2D eigenvalue weighted by molar-refractivity contribution is 6.15. The number of imidazole rings is 1. The van der Waals surface area contributed by atoms with Gasteiger partial charge < -0.3 is 8.97 Å². The van der Waals surface area contributed by atoms with E-state index in [2.05, 4.69) is 114 Å². The van der Waals surface area contributed by atoms with Crippen molar-refractivity contribution in [2.45, 2.75) is 19.3 Å². The Bertz CT molecular complexity index is 1970. The predicted octanol–water partition coefficient (Wildman–Crippen LogP) is 8.40. The van der Waals surface area contributed by atoms with Gasteiger partial charge in [0.25, 0.3) is 0 Å². The molecule has 8 rings (SSSR count). The van der Waals surface area contributed by atoms with Gasteiger partial charge in [-0.15, -0.1) is 0 Å². The summed E-state index contributed by atoms with van der Waals surface area (Å²) in [6.45, 7) is 4.69. The number of pyridine rings is 1. The summed E-state index contributed by atoms with van der Waals surface area (Å²) < 4.78 is 4.52. The van der Waals surface area contributed by atoms with Gasteiger partial charge in [-0.2, -0.15) is 0 Å². The van der Waals surface area contributed by atoms with Crippen LogP contribution in [0.5, 0.6) is 0 Å². The van der Waals surface area contributed by atoms with Crippen molar-refractivity contribution in [2.75, 3.05) is 0 Å². The summed E-state index contributed by atoms with van der Waals surface area (Å²) in [6.07, 6.45) is 4.13. The van der Waals surface area contributed by atoms with Crippen LogP contribution >= 0.6 is 0 Å². The van der Waals surface area contributed by atoms with E-state index in [0.29, 0.717) is 0 Å². The number of para-hydroxylation sites is 1. The van der Waals surface area contributed by atoms with E-state index < -0.39 is 0 Å². The van der Waals surface area contributed by atoms with Crippen molar-refractivity contribution in [2.24, 2.45) is 0 Å². The molecule has 0 spiro atoms. The summed E-state index contributed by atoms with van der Waals surface area (Å²) in [4.78, 5) is 4.82. The topological polar surface area (TPSA) is 22.2 Å². The lowest BCUT2D eigenvalue weighted by Crippen LogP contribution is -2.14. The summed E-state index contributed by atoms with van der Waals surface area (Å²) in [5.41, 5.74) is 12.2. The van der Waals surface area contributed by atoms with Crippen LogP contribution in [0, 0.1) is 0 Å². The minimum absolute atomic E-state index is 0.0334. The van der Waals surface area contributed by atoms with Crippen molar-refractivity contribution in [1.82, 2.24) is 14.0 Å². The molecule has 3 aromatic heterocycles. The van der Waals surface area contributed by atoms with Gasteiger partial charge in [-0.05, 0) is 47.0 Å². The maximum Gasteiger partial charge on any atom is 0.137 e. The smallest absolute Gasteiger partial charge is 0.137 e. The summed E-state index contributed by atoms with van der Waals surface area (Å²) in [5.74, 6) is 0. The van der Waals surface area contributed by atoms with Crippen LogP contribution in [0.15, 0.2) is 116 Å². The minimum atomic E-state index is -0.0334. The average molecular weight is 476 g/mol. The van der Waals surface area contributed by atoms with Gasteiger partial charge in [0.2, 0.25) is 0 Å². The Morgan fingerprint density at radius 1 is 0.676 bits per heavy atom. The highest BCUT2D eigenvalue weighted by Crippen LogP contribution is 2.52. The van der Waals surface area contributed by atoms with E-state index in [9.17, 15) is 0 Å². The Labute approximate surface area is 215 Å². The molecule has 0 atom stereocenters. The number of aromatic nitrogens is 3. The third kappa shape index (κ3) is 2.74. The molecule has 1 aliphatic carbocycles. The number of hydrogen-bond acceptors (Lipinski definition) is 1. The minimum Gasteiger partial charge on any atom is -0.309 e. The molecular formula is C34H25N3. The molecule has 0 unspecified atom stereocenters. The highest BCUT2D eigenvalue weighted by Gasteiger charge is 2.37. The maximum absolute atomic E-state index is 4.82. The van der Waals surface area contributed by atoms with Gasteiger partial charge >= 0.3 is 0 Å². The molecule has 7 aromatic rings. The fraction of sp³-hybridized carbons (Fsp3) is 0.0882. The van der Waals surface area contributed by atoms with Crippen LogP contribution in [0.25, 0.3) is 55.5 Å². The molecule has 0 bridgehead atoms. The van der Waals surface area contributed by atoms with Gasteiger partial charge in [0.15, 0.2) is 0 Å². The fourth-order valence-corrected chi connectivity index (χ4v) is 6.37. The lowest BCUT2D eigenvalue weighted by atomic mass is 9.82. The van der Waals surface area contributed by atoms with Gasteiger partial charge in [-0.25, -0.2) is 4.98 Å². The van der Waals surface area contributed by atoms with E-state index in [-0.39, 0.29) is 5.41 Å². The predicted molar refractivity (Wildman–Crippen MR) is 153 cm³/mol. The zero-order chi connectivity index (χ0) is 24.7. The number of hydrogen-bond donors (Lipinski definition) is 0. The standard InChI is InChI=1S/C34H25N3/c1-34(2)27-11-5-3-10-26(27)32-28(34)19-18-25-24-9-4-6-12-30(24)37(33(25)32)23-16-14-22(15-17-23)29-21-36-20-8-7-13-31(36)35-29/h3-21H,1-2H3. The molecule has 3 heterocycles. The molecule has 0 N–H and O–H groups in total. The van der Waals surface area contributed by atoms with Crippen LogP contribution in [0.4, 0.5) is 0 Å². The summed E-state index contributed by atoms with van der Waals surface area (Å²) in [6, 6.07) is 37.3. The lowest BCUT2D eigenvalue weighted by molar-refractivity contribution is 0.661.